The van der Waals surface area contributed by atoms with E-state index in [2.05, 4.69) is 5.32 Å². The van der Waals surface area contributed by atoms with Crippen molar-refractivity contribution in [3.8, 4) is 11.5 Å². The predicted molar refractivity (Wildman–Crippen MR) is 94.1 cm³/mol. The van der Waals surface area contributed by atoms with Crippen LogP contribution in [0.3, 0.4) is 0 Å². The van der Waals surface area contributed by atoms with Gasteiger partial charge >= 0.3 is 0 Å². The number of aromatic nitrogens is 1. The van der Waals surface area contributed by atoms with E-state index in [4.69, 9.17) is 19.6 Å². The highest BCUT2D eigenvalue weighted by molar-refractivity contribution is 5.96. The van der Waals surface area contributed by atoms with Gasteiger partial charge < -0.3 is 19.9 Å². The average molecular weight is 328 g/mol. The first kappa shape index (κ1) is 15.5. The standard InChI is InChI=1S/C19H24N2O3/c1-23-17-9-14-16(10-18(17)24-8-7-22)21-15-4-2-3-13(15)19(14)20-11-12-5-6-12/h9-10,12,22H,2-8,11H2,1H3,(H,20,21). The normalized spacial score (nSPS) is 16.2. The maximum atomic E-state index is 9.01. The molecule has 0 radical (unpaired) electrons. The largest absolute Gasteiger partial charge is 0.493 e. The number of aliphatic hydroxyl groups excluding tert-OH is 1. The summed E-state index contributed by atoms with van der Waals surface area (Å²) in [5.74, 6) is 2.14. The minimum atomic E-state index is -0.0208. The highest BCUT2D eigenvalue weighted by atomic mass is 16.5. The molecule has 5 heteroatoms. The molecule has 0 amide bonds. The molecule has 1 heterocycles. The zero-order valence-corrected chi connectivity index (χ0v) is 14.1. The lowest BCUT2D eigenvalue weighted by Crippen LogP contribution is -2.08. The van der Waals surface area contributed by atoms with E-state index in [-0.39, 0.29) is 13.2 Å². The average Bonchev–Trinajstić information content (AvgIpc) is 3.31. The molecule has 0 unspecified atom stereocenters. The third kappa shape index (κ3) is 2.88. The summed E-state index contributed by atoms with van der Waals surface area (Å²) in [6.45, 7) is 1.27. The summed E-state index contributed by atoms with van der Waals surface area (Å²) >= 11 is 0. The molecule has 1 aromatic carbocycles. The number of hydrogen-bond acceptors (Lipinski definition) is 5. The SMILES string of the molecule is COc1cc2c(NCC3CC3)c3c(nc2cc1OCCO)CCC3. The molecule has 24 heavy (non-hydrogen) atoms. The fraction of sp³-hybridized carbons (Fsp3) is 0.526. The summed E-state index contributed by atoms with van der Waals surface area (Å²) in [4.78, 5) is 4.87. The Bertz CT molecular complexity index is 756. The molecule has 0 aliphatic heterocycles. The Morgan fingerprint density at radius 1 is 1.25 bits per heavy atom. The van der Waals surface area contributed by atoms with Gasteiger partial charge in [-0.3, -0.25) is 4.98 Å². The van der Waals surface area contributed by atoms with Crippen LogP contribution in [0.4, 0.5) is 5.69 Å². The lowest BCUT2D eigenvalue weighted by atomic mass is 10.1. The van der Waals surface area contributed by atoms with Crippen LogP contribution < -0.4 is 14.8 Å². The zero-order chi connectivity index (χ0) is 16.5. The van der Waals surface area contributed by atoms with Crippen molar-refractivity contribution in [3.63, 3.8) is 0 Å². The van der Waals surface area contributed by atoms with Crippen molar-refractivity contribution >= 4 is 16.6 Å². The fourth-order valence-corrected chi connectivity index (χ4v) is 3.47. The molecule has 4 rings (SSSR count). The summed E-state index contributed by atoms with van der Waals surface area (Å²) in [5, 5.41) is 13.8. The van der Waals surface area contributed by atoms with Crippen molar-refractivity contribution in [3.05, 3.63) is 23.4 Å². The van der Waals surface area contributed by atoms with Crippen LogP contribution >= 0.6 is 0 Å². The molecule has 0 saturated heterocycles. The van der Waals surface area contributed by atoms with Crippen molar-refractivity contribution in [2.45, 2.75) is 32.1 Å². The second-order valence-electron chi connectivity index (χ2n) is 6.68. The molecule has 128 valence electrons. The van der Waals surface area contributed by atoms with Crippen LogP contribution in [0.1, 0.15) is 30.5 Å². The van der Waals surface area contributed by atoms with Crippen molar-refractivity contribution in [1.82, 2.24) is 4.98 Å². The van der Waals surface area contributed by atoms with Gasteiger partial charge in [0.05, 0.1) is 19.2 Å². The van der Waals surface area contributed by atoms with Crippen molar-refractivity contribution in [1.29, 1.82) is 0 Å². The van der Waals surface area contributed by atoms with Gasteiger partial charge in [-0.05, 0) is 49.7 Å². The molecule has 5 nitrogen and oxygen atoms in total. The topological polar surface area (TPSA) is 63.6 Å². The summed E-state index contributed by atoms with van der Waals surface area (Å²) in [5.41, 5.74) is 4.74. The number of anilines is 1. The van der Waals surface area contributed by atoms with Crippen LogP contribution in [0.5, 0.6) is 11.5 Å². The fourth-order valence-electron chi connectivity index (χ4n) is 3.47. The summed E-state index contributed by atoms with van der Waals surface area (Å²) < 4.78 is 11.1. The van der Waals surface area contributed by atoms with E-state index in [0.717, 1.165) is 36.2 Å². The van der Waals surface area contributed by atoms with E-state index >= 15 is 0 Å². The van der Waals surface area contributed by atoms with Crippen LogP contribution in [0.2, 0.25) is 0 Å². The van der Waals surface area contributed by atoms with Gasteiger partial charge in [0, 0.05) is 29.4 Å². The Hall–Kier alpha value is -2.01. The van der Waals surface area contributed by atoms with E-state index in [1.807, 2.05) is 12.1 Å². The maximum Gasteiger partial charge on any atom is 0.163 e. The maximum absolute atomic E-state index is 9.01. The third-order valence-corrected chi connectivity index (χ3v) is 4.91. The van der Waals surface area contributed by atoms with E-state index in [0.29, 0.717) is 11.5 Å². The van der Waals surface area contributed by atoms with Crippen LogP contribution in [0.15, 0.2) is 12.1 Å². The number of nitrogens with zero attached hydrogens (tertiary/aromatic N) is 1. The lowest BCUT2D eigenvalue weighted by Gasteiger charge is -2.17. The monoisotopic (exact) mass is 328 g/mol. The number of ether oxygens (including phenoxy) is 2. The second-order valence-corrected chi connectivity index (χ2v) is 6.68. The summed E-state index contributed by atoms with van der Waals surface area (Å²) in [7, 11) is 1.64. The quantitative estimate of drug-likeness (QED) is 0.818. The van der Waals surface area contributed by atoms with Gasteiger partial charge in [-0.2, -0.15) is 0 Å². The van der Waals surface area contributed by atoms with Crippen LogP contribution in [-0.4, -0.2) is 37.0 Å². The van der Waals surface area contributed by atoms with Gasteiger partial charge in [0.15, 0.2) is 11.5 Å². The minimum Gasteiger partial charge on any atom is -0.493 e. The smallest absolute Gasteiger partial charge is 0.163 e. The first-order valence-electron chi connectivity index (χ1n) is 8.81. The molecule has 2 N–H and O–H groups in total. The molecule has 2 aliphatic rings. The molecule has 1 aromatic heterocycles. The Morgan fingerprint density at radius 3 is 2.88 bits per heavy atom. The van der Waals surface area contributed by atoms with E-state index in [1.54, 1.807) is 7.11 Å². The number of benzene rings is 1. The molecule has 1 saturated carbocycles. The zero-order valence-electron chi connectivity index (χ0n) is 14.1. The minimum absolute atomic E-state index is 0.0208. The highest BCUT2D eigenvalue weighted by Gasteiger charge is 2.24. The van der Waals surface area contributed by atoms with E-state index in [9.17, 15) is 0 Å². The van der Waals surface area contributed by atoms with Gasteiger partial charge in [0.2, 0.25) is 0 Å². The third-order valence-electron chi connectivity index (χ3n) is 4.91. The van der Waals surface area contributed by atoms with Gasteiger partial charge in [-0.1, -0.05) is 0 Å². The lowest BCUT2D eigenvalue weighted by molar-refractivity contribution is 0.196. The molecule has 2 aromatic rings. The van der Waals surface area contributed by atoms with Crippen molar-refractivity contribution < 1.29 is 14.6 Å². The Kier molecular flexibility index (Phi) is 4.19. The number of methoxy groups -OCH3 is 1. The molecular weight excluding hydrogens is 304 g/mol. The Balaban J connectivity index is 1.80. The molecule has 0 atom stereocenters. The van der Waals surface area contributed by atoms with Crippen molar-refractivity contribution in [2.75, 3.05) is 32.2 Å². The number of rotatable bonds is 7. The molecule has 2 aliphatic carbocycles. The highest BCUT2D eigenvalue weighted by Crippen LogP contribution is 2.40. The Labute approximate surface area is 142 Å². The molecule has 0 spiro atoms. The number of nitrogens with one attached hydrogen (secondary N) is 1. The molecule has 1 fully saturated rings. The summed E-state index contributed by atoms with van der Waals surface area (Å²) in [6, 6.07) is 3.95. The number of aliphatic hydroxyl groups is 1. The first-order chi connectivity index (χ1) is 11.8. The number of aryl methyl sites for hydroxylation is 1. The van der Waals surface area contributed by atoms with Crippen LogP contribution in [0, 0.1) is 5.92 Å². The summed E-state index contributed by atoms with van der Waals surface area (Å²) in [6.07, 6.45) is 5.97. The number of fused-ring (bicyclic) bond motifs is 2. The van der Waals surface area contributed by atoms with Gasteiger partial charge in [0.25, 0.3) is 0 Å². The number of pyridine rings is 1. The molecular formula is C19H24N2O3. The van der Waals surface area contributed by atoms with Crippen LogP contribution in [0.25, 0.3) is 10.9 Å². The van der Waals surface area contributed by atoms with Gasteiger partial charge in [0.1, 0.15) is 6.61 Å². The van der Waals surface area contributed by atoms with E-state index in [1.165, 1.54) is 36.2 Å². The van der Waals surface area contributed by atoms with Crippen molar-refractivity contribution in [2.24, 2.45) is 5.92 Å². The molecule has 0 bridgehead atoms. The van der Waals surface area contributed by atoms with E-state index < -0.39 is 0 Å². The van der Waals surface area contributed by atoms with Gasteiger partial charge in [-0.25, -0.2) is 0 Å². The number of hydrogen-bond donors (Lipinski definition) is 2. The first-order valence-corrected chi connectivity index (χ1v) is 8.81. The van der Waals surface area contributed by atoms with Gasteiger partial charge in [-0.15, -0.1) is 0 Å². The predicted octanol–water partition coefficient (Wildman–Crippen LogP) is 2.93. The Morgan fingerprint density at radius 2 is 2.12 bits per heavy atom. The second kappa shape index (κ2) is 6.48. The van der Waals surface area contributed by atoms with Crippen LogP contribution in [-0.2, 0) is 12.8 Å².